The summed E-state index contributed by atoms with van der Waals surface area (Å²) in [5.74, 6) is 0. The lowest BCUT2D eigenvalue weighted by Gasteiger charge is -1.83. The first-order valence-corrected chi connectivity index (χ1v) is 3.05. The van der Waals surface area contributed by atoms with Crippen LogP contribution < -0.4 is 0 Å². The first-order chi connectivity index (χ1) is 3.29. The van der Waals surface area contributed by atoms with Crippen LogP contribution in [-0.2, 0) is 4.74 Å². The summed E-state index contributed by atoms with van der Waals surface area (Å²) in [6, 6.07) is 0. The quantitative estimate of drug-likeness (QED) is 0.467. The summed E-state index contributed by atoms with van der Waals surface area (Å²) in [5.41, 5.74) is -0.924. The second-order valence-electron chi connectivity index (χ2n) is 1.09. The molecule has 0 N–H and O–H groups in total. The molecule has 1 unspecified atom stereocenters. The monoisotopic (exact) mass is 138 g/mol. The third-order valence-corrected chi connectivity index (χ3v) is 1.66. The summed E-state index contributed by atoms with van der Waals surface area (Å²) < 4.78 is 16.8. The van der Waals surface area contributed by atoms with Gasteiger partial charge in [-0.1, -0.05) is 0 Å². The Morgan fingerprint density at radius 2 is 2.71 bits per heavy atom. The van der Waals surface area contributed by atoms with Crippen LogP contribution in [0.5, 0.6) is 0 Å². The van der Waals surface area contributed by atoms with Crippen LogP contribution in [0.15, 0.2) is 0 Å². The molecule has 1 aliphatic heterocycles. The Morgan fingerprint density at radius 1 is 2.00 bits per heavy atom. The predicted octanol–water partition coefficient (Wildman–Crippen LogP) is 1.33. The average molecular weight is 138 g/mol. The molecule has 7 heavy (non-hydrogen) atoms. The number of thiocarbonyl (C=S) groups is 1. The molecule has 1 atom stereocenters. The highest BCUT2D eigenvalue weighted by atomic mass is 32.2. The number of alkyl halides is 1. The van der Waals surface area contributed by atoms with Crippen molar-refractivity contribution in [2.45, 2.75) is 5.50 Å². The van der Waals surface area contributed by atoms with E-state index >= 15 is 0 Å². The van der Waals surface area contributed by atoms with Gasteiger partial charge in [0.15, 0.2) is 5.50 Å². The lowest BCUT2D eigenvalue weighted by Crippen LogP contribution is -1.91. The van der Waals surface area contributed by atoms with Gasteiger partial charge in [-0.3, -0.25) is 0 Å². The molecule has 0 aromatic carbocycles. The van der Waals surface area contributed by atoms with Crippen LogP contribution in [-0.4, -0.2) is 16.5 Å². The molecule has 1 heterocycles. The minimum absolute atomic E-state index is 0.128. The molecule has 0 amide bonds. The van der Waals surface area contributed by atoms with Gasteiger partial charge < -0.3 is 4.74 Å². The van der Waals surface area contributed by atoms with E-state index in [1.807, 2.05) is 0 Å². The first kappa shape index (κ1) is 5.31. The smallest absolute Gasteiger partial charge is 0.223 e. The van der Waals surface area contributed by atoms with Crippen LogP contribution >= 0.6 is 24.0 Å². The van der Waals surface area contributed by atoms with E-state index < -0.39 is 5.50 Å². The van der Waals surface area contributed by atoms with Gasteiger partial charge in [0.1, 0.15) is 6.61 Å². The van der Waals surface area contributed by atoms with Crippen molar-refractivity contribution in [3.8, 4) is 0 Å². The van der Waals surface area contributed by atoms with Crippen LogP contribution in [0.2, 0.25) is 0 Å². The van der Waals surface area contributed by atoms with Gasteiger partial charge in [0, 0.05) is 0 Å². The Bertz CT molecular complexity index is 94.9. The van der Waals surface area contributed by atoms with Gasteiger partial charge >= 0.3 is 0 Å². The lowest BCUT2D eigenvalue weighted by atomic mass is 10.8. The average Bonchev–Trinajstić information content (AvgIpc) is 1.87. The van der Waals surface area contributed by atoms with Crippen molar-refractivity contribution in [2.24, 2.45) is 0 Å². The van der Waals surface area contributed by atoms with Gasteiger partial charge in [-0.2, -0.15) is 0 Å². The zero-order valence-corrected chi connectivity index (χ0v) is 5.02. The van der Waals surface area contributed by atoms with E-state index in [9.17, 15) is 4.39 Å². The van der Waals surface area contributed by atoms with Crippen molar-refractivity contribution in [3.63, 3.8) is 0 Å². The van der Waals surface area contributed by atoms with Gasteiger partial charge in [0.05, 0.1) is 0 Å². The second-order valence-corrected chi connectivity index (χ2v) is 2.84. The van der Waals surface area contributed by atoms with Crippen LogP contribution in [0.4, 0.5) is 4.39 Å². The van der Waals surface area contributed by atoms with Gasteiger partial charge in [0.2, 0.25) is 4.38 Å². The molecule has 0 aromatic heterocycles. The SMILES string of the molecule is FC1COC(=S)S1. The van der Waals surface area contributed by atoms with Crippen molar-refractivity contribution in [3.05, 3.63) is 0 Å². The molecule has 0 aromatic rings. The second kappa shape index (κ2) is 1.96. The predicted molar refractivity (Wildman–Crippen MR) is 31.0 cm³/mol. The Morgan fingerprint density at radius 3 is 2.86 bits per heavy atom. The topological polar surface area (TPSA) is 9.23 Å². The molecular weight excluding hydrogens is 135 g/mol. The fraction of sp³-hybridized carbons (Fsp3) is 0.667. The molecule has 1 nitrogen and oxygen atoms in total. The number of rotatable bonds is 0. The number of halogens is 1. The maximum Gasteiger partial charge on any atom is 0.223 e. The van der Waals surface area contributed by atoms with Crippen LogP contribution in [0, 0.1) is 0 Å². The van der Waals surface area contributed by atoms with Gasteiger partial charge in [-0.05, 0) is 24.0 Å². The van der Waals surface area contributed by atoms with Crippen molar-refractivity contribution in [1.29, 1.82) is 0 Å². The standard InChI is InChI=1S/C3H3FOS2/c4-2-1-5-3(6)7-2/h2H,1H2. The largest absolute Gasteiger partial charge is 0.474 e. The van der Waals surface area contributed by atoms with Crippen molar-refractivity contribution < 1.29 is 9.13 Å². The maximum absolute atomic E-state index is 11.9. The molecule has 1 saturated heterocycles. The van der Waals surface area contributed by atoms with E-state index in [1.165, 1.54) is 0 Å². The highest BCUT2D eigenvalue weighted by Crippen LogP contribution is 2.22. The minimum Gasteiger partial charge on any atom is -0.474 e. The van der Waals surface area contributed by atoms with Crippen LogP contribution in [0.3, 0.4) is 0 Å². The molecule has 0 spiro atoms. The number of hydrogen-bond acceptors (Lipinski definition) is 3. The molecular formula is C3H3FOS2. The van der Waals surface area contributed by atoms with E-state index in [1.54, 1.807) is 0 Å². The van der Waals surface area contributed by atoms with E-state index in [-0.39, 0.29) is 6.61 Å². The van der Waals surface area contributed by atoms with Crippen molar-refractivity contribution >= 4 is 28.4 Å². The molecule has 4 heteroatoms. The van der Waals surface area contributed by atoms with Gasteiger partial charge in [-0.15, -0.1) is 0 Å². The molecule has 1 rings (SSSR count). The number of hydrogen-bond donors (Lipinski definition) is 0. The van der Waals surface area contributed by atoms with E-state index in [4.69, 9.17) is 0 Å². The molecule has 1 fully saturated rings. The Hall–Kier alpha value is 0.170. The van der Waals surface area contributed by atoms with Crippen molar-refractivity contribution in [1.82, 2.24) is 0 Å². The Labute approximate surface area is 50.2 Å². The van der Waals surface area contributed by atoms with Gasteiger partial charge in [-0.25, -0.2) is 4.39 Å². The highest BCUT2D eigenvalue weighted by Gasteiger charge is 2.19. The molecule has 0 saturated carbocycles. The summed E-state index contributed by atoms with van der Waals surface area (Å²) in [6.07, 6.45) is 0. The zero-order chi connectivity index (χ0) is 5.28. The number of ether oxygens (including phenoxy) is 1. The normalized spacial score (nSPS) is 30.4. The first-order valence-electron chi connectivity index (χ1n) is 1.76. The minimum atomic E-state index is -0.924. The molecule has 0 aliphatic carbocycles. The Kier molecular flexibility index (Phi) is 1.49. The maximum atomic E-state index is 11.9. The van der Waals surface area contributed by atoms with Crippen LogP contribution in [0.25, 0.3) is 0 Å². The summed E-state index contributed by atoms with van der Waals surface area (Å²) in [5, 5.41) is 0. The Balaban J connectivity index is 2.40. The highest BCUT2D eigenvalue weighted by molar-refractivity contribution is 8.23. The fourth-order valence-corrected chi connectivity index (χ4v) is 1.17. The summed E-state index contributed by atoms with van der Waals surface area (Å²) in [4.78, 5) is 0. The summed E-state index contributed by atoms with van der Waals surface area (Å²) in [7, 11) is 0. The van der Waals surface area contributed by atoms with E-state index in [2.05, 4.69) is 17.0 Å². The van der Waals surface area contributed by atoms with E-state index in [0.717, 1.165) is 11.8 Å². The van der Waals surface area contributed by atoms with E-state index in [0.29, 0.717) is 4.38 Å². The summed E-state index contributed by atoms with van der Waals surface area (Å²) in [6.45, 7) is 0.128. The lowest BCUT2D eigenvalue weighted by molar-refractivity contribution is 0.270. The fourth-order valence-electron chi connectivity index (χ4n) is 0.306. The third-order valence-electron chi connectivity index (χ3n) is 0.556. The molecule has 0 radical (unpaired) electrons. The zero-order valence-electron chi connectivity index (χ0n) is 3.39. The van der Waals surface area contributed by atoms with Crippen LogP contribution in [0.1, 0.15) is 0 Å². The number of thioether (sulfide) groups is 1. The van der Waals surface area contributed by atoms with Crippen molar-refractivity contribution in [2.75, 3.05) is 6.61 Å². The third kappa shape index (κ3) is 1.28. The molecule has 0 bridgehead atoms. The molecule has 1 aliphatic rings. The summed E-state index contributed by atoms with van der Waals surface area (Å²) >= 11 is 5.46. The molecule has 40 valence electrons. The van der Waals surface area contributed by atoms with Gasteiger partial charge in [0.25, 0.3) is 0 Å².